The molecule has 5 N–H and O–H groups in total. The molecular formula is C16H19N5O7S2. The molecule has 2 unspecified atom stereocenters. The predicted molar refractivity (Wildman–Crippen MR) is 107 cm³/mol. The van der Waals surface area contributed by atoms with Gasteiger partial charge < -0.3 is 31.0 Å². The first kappa shape index (κ1) is 21.8. The molecule has 2 aliphatic heterocycles. The zero-order valence-corrected chi connectivity index (χ0v) is 17.5. The van der Waals surface area contributed by atoms with Crippen molar-refractivity contribution in [3.8, 4) is 0 Å². The SMILES string of the molecule is CC(C)C(O/N=C(\C(=O)N[C@@H]1C(=O)N2C[C@H](C(=O)O)SC12)c1csc(N)n1)C(=O)O. The summed E-state index contributed by atoms with van der Waals surface area (Å²) in [6.45, 7) is 3.30. The molecule has 4 atom stereocenters. The number of amides is 2. The quantitative estimate of drug-likeness (QED) is 0.223. The number of oxime groups is 1. The van der Waals surface area contributed by atoms with Crippen molar-refractivity contribution < 1.29 is 34.2 Å². The summed E-state index contributed by atoms with van der Waals surface area (Å²) in [4.78, 5) is 58.0. The van der Waals surface area contributed by atoms with Gasteiger partial charge in [0.25, 0.3) is 5.91 Å². The Bertz CT molecular complexity index is 918. The van der Waals surface area contributed by atoms with E-state index in [9.17, 15) is 24.3 Å². The number of rotatable bonds is 8. The van der Waals surface area contributed by atoms with Gasteiger partial charge >= 0.3 is 11.9 Å². The minimum Gasteiger partial charge on any atom is -0.480 e. The largest absolute Gasteiger partial charge is 0.480 e. The van der Waals surface area contributed by atoms with Crippen LogP contribution in [0, 0.1) is 5.92 Å². The lowest BCUT2D eigenvalue weighted by Gasteiger charge is -2.41. The third-order valence-corrected chi connectivity index (χ3v) is 6.61. The summed E-state index contributed by atoms with van der Waals surface area (Å²) in [5, 5.41) is 24.9. The second-order valence-electron chi connectivity index (χ2n) is 6.91. The Morgan fingerprint density at radius 2 is 2.10 bits per heavy atom. The number of carboxylic acid groups (broad SMARTS) is 2. The number of nitrogens with one attached hydrogen (secondary N) is 1. The van der Waals surface area contributed by atoms with E-state index in [-0.39, 0.29) is 23.1 Å². The van der Waals surface area contributed by atoms with Gasteiger partial charge in [0.15, 0.2) is 10.8 Å². The molecule has 12 nitrogen and oxygen atoms in total. The number of carbonyl (C=O) groups is 4. The number of nitrogens with zero attached hydrogens (tertiary/aromatic N) is 3. The van der Waals surface area contributed by atoms with Crippen molar-refractivity contribution in [1.29, 1.82) is 0 Å². The summed E-state index contributed by atoms with van der Waals surface area (Å²) in [5.41, 5.74) is 5.34. The molecule has 3 heterocycles. The van der Waals surface area contributed by atoms with Crippen LogP contribution in [0.1, 0.15) is 19.5 Å². The molecule has 2 saturated heterocycles. The summed E-state index contributed by atoms with van der Waals surface area (Å²) in [6.07, 6.45) is -1.30. The molecule has 0 aliphatic carbocycles. The molecule has 0 saturated carbocycles. The number of nitrogen functional groups attached to an aromatic ring is 1. The first-order chi connectivity index (χ1) is 14.1. The zero-order chi connectivity index (χ0) is 22.2. The summed E-state index contributed by atoms with van der Waals surface area (Å²) >= 11 is 2.11. The number of thioether (sulfide) groups is 1. The van der Waals surface area contributed by atoms with Gasteiger partial charge in [0.1, 0.15) is 22.4 Å². The fourth-order valence-corrected chi connectivity index (χ4v) is 4.83. The minimum atomic E-state index is -1.30. The number of carbonyl (C=O) groups excluding carboxylic acids is 2. The fraction of sp³-hybridized carbons (Fsp3) is 0.500. The van der Waals surface area contributed by atoms with Crippen LogP contribution in [0.15, 0.2) is 10.5 Å². The van der Waals surface area contributed by atoms with E-state index in [1.807, 2.05) is 0 Å². The molecule has 162 valence electrons. The van der Waals surface area contributed by atoms with Gasteiger partial charge in [-0.1, -0.05) is 19.0 Å². The van der Waals surface area contributed by atoms with Crippen LogP contribution in [0.3, 0.4) is 0 Å². The lowest BCUT2D eigenvalue weighted by Crippen LogP contribution is -2.67. The summed E-state index contributed by atoms with van der Waals surface area (Å²) in [6, 6.07) is -0.937. The molecule has 0 radical (unpaired) electrons. The van der Waals surface area contributed by atoms with Gasteiger partial charge in [0, 0.05) is 17.8 Å². The van der Waals surface area contributed by atoms with Crippen molar-refractivity contribution in [2.45, 2.75) is 36.6 Å². The molecule has 1 aromatic heterocycles. The van der Waals surface area contributed by atoms with E-state index in [1.54, 1.807) is 13.8 Å². The van der Waals surface area contributed by atoms with Gasteiger partial charge in [-0.2, -0.15) is 0 Å². The molecule has 2 fully saturated rings. The van der Waals surface area contributed by atoms with Gasteiger partial charge in [-0.3, -0.25) is 14.4 Å². The Balaban J connectivity index is 1.78. The summed E-state index contributed by atoms with van der Waals surface area (Å²) in [5.74, 6) is -3.94. The first-order valence-electron chi connectivity index (χ1n) is 8.77. The van der Waals surface area contributed by atoms with E-state index in [1.165, 1.54) is 10.3 Å². The second kappa shape index (κ2) is 8.47. The van der Waals surface area contributed by atoms with E-state index in [0.29, 0.717) is 0 Å². The molecule has 14 heteroatoms. The Kier molecular flexibility index (Phi) is 6.17. The van der Waals surface area contributed by atoms with Crippen LogP contribution in [0.4, 0.5) is 5.13 Å². The van der Waals surface area contributed by atoms with E-state index < -0.39 is 52.4 Å². The molecule has 3 rings (SSSR count). The van der Waals surface area contributed by atoms with Gasteiger partial charge in [0.05, 0.1) is 0 Å². The van der Waals surface area contributed by atoms with Gasteiger partial charge in [-0.25, -0.2) is 9.78 Å². The third-order valence-electron chi connectivity index (χ3n) is 4.46. The highest BCUT2D eigenvalue weighted by atomic mass is 32.2. The third kappa shape index (κ3) is 4.18. The number of thiazole rings is 1. The van der Waals surface area contributed by atoms with E-state index >= 15 is 0 Å². The number of hydrogen-bond acceptors (Lipinski definition) is 10. The standard InChI is InChI=1S/C16H19N5O7S2/c1-5(2)10(15(26)27)28-20-8(6-4-29-16(17)18-6)11(22)19-9-12(23)21-3-7(14(24)25)30-13(9)21/h4-5,7,9-10,13H,3H2,1-2H3,(H2,17,18)(H,19,22)(H,24,25)(H,26,27)/b20-8-/t7-,9-,10?,13?/m1/s1. The van der Waals surface area contributed by atoms with Crippen LogP contribution in [0.25, 0.3) is 0 Å². The summed E-state index contributed by atoms with van der Waals surface area (Å²) < 4.78 is 0. The van der Waals surface area contributed by atoms with Crippen LogP contribution < -0.4 is 11.1 Å². The summed E-state index contributed by atoms with van der Waals surface area (Å²) in [7, 11) is 0. The number of nitrogens with two attached hydrogens (primary N) is 1. The molecule has 0 spiro atoms. The van der Waals surface area contributed by atoms with Gasteiger partial charge in [-0.15, -0.1) is 23.1 Å². The Morgan fingerprint density at radius 3 is 2.63 bits per heavy atom. The van der Waals surface area contributed by atoms with Crippen molar-refractivity contribution in [2.75, 3.05) is 12.3 Å². The number of hydrogen-bond donors (Lipinski definition) is 4. The molecule has 1 aromatic rings. The van der Waals surface area contributed by atoms with E-state index in [0.717, 1.165) is 23.1 Å². The zero-order valence-electron chi connectivity index (χ0n) is 15.8. The average Bonchev–Trinajstić information content (AvgIpc) is 3.26. The smallest absolute Gasteiger partial charge is 0.348 e. The number of aromatic nitrogens is 1. The van der Waals surface area contributed by atoms with Crippen LogP contribution in [-0.2, 0) is 24.0 Å². The molecule has 2 amide bonds. The fourth-order valence-electron chi connectivity index (χ4n) is 2.90. The highest BCUT2D eigenvalue weighted by Gasteiger charge is 2.55. The number of carboxylic acids is 2. The van der Waals surface area contributed by atoms with E-state index in [4.69, 9.17) is 15.7 Å². The molecule has 0 bridgehead atoms. The maximum atomic E-state index is 12.8. The van der Waals surface area contributed by atoms with Gasteiger partial charge in [-0.05, 0) is 0 Å². The van der Waals surface area contributed by atoms with Crippen LogP contribution in [0.5, 0.6) is 0 Å². The van der Waals surface area contributed by atoms with Crippen molar-refractivity contribution >= 4 is 57.7 Å². The van der Waals surface area contributed by atoms with Crippen LogP contribution in [-0.4, -0.2) is 78.9 Å². The van der Waals surface area contributed by atoms with Crippen molar-refractivity contribution in [3.63, 3.8) is 0 Å². The second-order valence-corrected chi connectivity index (χ2v) is 9.13. The van der Waals surface area contributed by atoms with E-state index in [2.05, 4.69) is 15.5 Å². The first-order valence-corrected chi connectivity index (χ1v) is 10.6. The van der Waals surface area contributed by atoms with Crippen molar-refractivity contribution in [2.24, 2.45) is 11.1 Å². The highest BCUT2D eigenvalue weighted by Crippen LogP contribution is 2.40. The molecular weight excluding hydrogens is 438 g/mol. The predicted octanol–water partition coefficient (Wildman–Crippen LogP) is -0.592. The van der Waals surface area contributed by atoms with Crippen molar-refractivity contribution in [3.05, 3.63) is 11.1 Å². The molecule has 0 aromatic carbocycles. The molecule has 2 aliphatic rings. The number of anilines is 1. The topological polar surface area (TPSA) is 185 Å². The minimum absolute atomic E-state index is 0.0639. The number of β-lactam (4-membered cyclic amide) rings is 1. The van der Waals surface area contributed by atoms with Crippen molar-refractivity contribution in [1.82, 2.24) is 15.2 Å². The number of fused-ring (bicyclic) bond motifs is 1. The average molecular weight is 457 g/mol. The molecule has 30 heavy (non-hydrogen) atoms. The normalized spacial score (nSPS) is 24.2. The van der Waals surface area contributed by atoms with Crippen LogP contribution >= 0.6 is 23.1 Å². The van der Waals surface area contributed by atoms with Crippen LogP contribution in [0.2, 0.25) is 0 Å². The Labute approximate surface area is 178 Å². The Hall–Kier alpha value is -2.87. The van der Waals surface area contributed by atoms with Gasteiger partial charge in [0.2, 0.25) is 12.0 Å². The Morgan fingerprint density at radius 1 is 1.40 bits per heavy atom. The lowest BCUT2D eigenvalue weighted by atomic mass is 10.1. The highest BCUT2D eigenvalue weighted by molar-refractivity contribution is 8.01. The lowest BCUT2D eigenvalue weighted by molar-refractivity contribution is -0.153. The maximum absolute atomic E-state index is 12.8. The number of aliphatic carboxylic acids is 2. The monoisotopic (exact) mass is 457 g/mol. The maximum Gasteiger partial charge on any atom is 0.348 e.